The van der Waals surface area contributed by atoms with Crippen molar-refractivity contribution in [1.82, 2.24) is 4.98 Å². The molecule has 0 spiro atoms. The first-order valence-electron chi connectivity index (χ1n) is 4.98. The van der Waals surface area contributed by atoms with Gasteiger partial charge >= 0.3 is 5.97 Å². The van der Waals surface area contributed by atoms with E-state index in [0.29, 0.717) is 5.39 Å². The lowest BCUT2D eigenvalue weighted by Gasteiger charge is -2.03. The number of hydrogen-bond acceptors (Lipinski definition) is 5. The van der Waals surface area contributed by atoms with Crippen LogP contribution in [0.15, 0.2) is 29.1 Å². The number of H-pyrrole nitrogens is 1. The van der Waals surface area contributed by atoms with E-state index in [4.69, 9.17) is 4.74 Å². The smallest absolute Gasteiger partial charge is 0.308 e. The van der Waals surface area contributed by atoms with E-state index in [1.165, 1.54) is 18.2 Å². The Morgan fingerprint density at radius 2 is 2.17 bits per heavy atom. The van der Waals surface area contributed by atoms with Crippen LogP contribution in [0.1, 0.15) is 6.92 Å². The van der Waals surface area contributed by atoms with E-state index in [1.807, 2.05) is 0 Å². The largest absolute Gasteiger partial charge is 0.421 e. The molecule has 18 heavy (non-hydrogen) atoms. The molecule has 0 aliphatic heterocycles. The molecular weight excluding hydrogens is 240 g/mol. The maximum Gasteiger partial charge on any atom is 0.308 e. The Morgan fingerprint density at radius 3 is 2.78 bits per heavy atom. The van der Waals surface area contributed by atoms with Crippen LogP contribution in [-0.4, -0.2) is 15.9 Å². The van der Waals surface area contributed by atoms with Gasteiger partial charge < -0.3 is 9.72 Å². The van der Waals surface area contributed by atoms with E-state index < -0.39 is 16.5 Å². The summed E-state index contributed by atoms with van der Waals surface area (Å²) >= 11 is 0. The number of aromatic amines is 1. The molecule has 7 nitrogen and oxygen atoms in total. The molecule has 0 radical (unpaired) electrons. The Hall–Kier alpha value is -2.70. The highest BCUT2D eigenvalue weighted by Gasteiger charge is 2.14. The summed E-state index contributed by atoms with van der Waals surface area (Å²) in [6.45, 7) is 1.16. The first-order valence-corrected chi connectivity index (χ1v) is 4.98. The zero-order valence-corrected chi connectivity index (χ0v) is 9.30. The Morgan fingerprint density at radius 1 is 1.44 bits per heavy atom. The van der Waals surface area contributed by atoms with Crippen LogP contribution >= 0.6 is 0 Å². The molecular formula is C11H8N2O5. The predicted molar refractivity (Wildman–Crippen MR) is 62.5 cm³/mol. The first-order chi connectivity index (χ1) is 8.49. The number of fused-ring (bicyclic) bond motifs is 1. The summed E-state index contributed by atoms with van der Waals surface area (Å²) < 4.78 is 4.70. The lowest BCUT2D eigenvalue weighted by atomic mass is 10.2. The number of para-hydroxylation sites is 1. The standard InChI is InChI=1S/C11H8N2O5/c1-6(14)18-9-5-7-3-2-4-8(13(16)17)10(7)12-11(9)15/h2-5H,1H3,(H,12,15). The third kappa shape index (κ3) is 2.05. The minimum Gasteiger partial charge on any atom is -0.421 e. The second kappa shape index (κ2) is 4.28. The van der Waals surface area contributed by atoms with Crippen molar-refractivity contribution in [3.05, 3.63) is 44.7 Å². The summed E-state index contributed by atoms with van der Waals surface area (Å²) in [5.74, 6) is -0.819. The van der Waals surface area contributed by atoms with Crippen molar-refractivity contribution in [1.29, 1.82) is 0 Å². The zero-order chi connectivity index (χ0) is 13.3. The van der Waals surface area contributed by atoms with Gasteiger partial charge in [0.1, 0.15) is 5.52 Å². The molecule has 0 amide bonds. The van der Waals surface area contributed by atoms with Gasteiger partial charge in [-0.3, -0.25) is 19.7 Å². The lowest BCUT2D eigenvalue weighted by molar-refractivity contribution is -0.383. The minimum atomic E-state index is -0.688. The summed E-state index contributed by atoms with van der Waals surface area (Å²) in [5, 5.41) is 11.2. The van der Waals surface area contributed by atoms with Gasteiger partial charge in [0.15, 0.2) is 5.75 Å². The molecule has 2 aromatic rings. The maximum absolute atomic E-state index is 11.6. The van der Waals surface area contributed by atoms with Crippen molar-refractivity contribution in [2.75, 3.05) is 0 Å². The van der Waals surface area contributed by atoms with Crippen molar-refractivity contribution < 1.29 is 14.5 Å². The van der Waals surface area contributed by atoms with Crippen LogP contribution in [0.25, 0.3) is 10.9 Å². The molecule has 1 heterocycles. The van der Waals surface area contributed by atoms with Crippen LogP contribution in [-0.2, 0) is 4.79 Å². The van der Waals surface area contributed by atoms with E-state index in [2.05, 4.69) is 4.98 Å². The van der Waals surface area contributed by atoms with Crippen molar-refractivity contribution in [2.24, 2.45) is 0 Å². The lowest BCUT2D eigenvalue weighted by Crippen LogP contribution is -2.14. The molecule has 0 unspecified atom stereocenters. The van der Waals surface area contributed by atoms with Crippen LogP contribution in [0.2, 0.25) is 0 Å². The number of hydrogen-bond donors (Lipinski definition) is 1. The van der Waals surface area contributed by atoms with Gasteiger partial charge in [0.05, 0.1) is 4.92 Å². The fourth-order valence-electron chi connectivity index (χ4n) is 1.58. The molecule has 0 aliphatic carbocycles. The monoisotopic (exact) mass is 248 g/mol. The number of ether oxygens (including phenoxy) is 1. The van der Waals surface area contributed by atoms with Crippen LogP contribution in [0.4, 0.5) is 5.69 Å². The maximum atomic E-state index is 11.6. The predicted octanol–water partition coefficient (Wildman–Crippen LogP) is 1.36. The molecule has 7 heteroatoms. The van der Waals surface area contributed by atoms with Crippen molar-refractivity contribution in [3.63, 3.8) is 0 Å². The number of pyridine rings is 1. The number of esters is 1. The summed E-state index contributed by atoms with van der Waals surface area (Å²) in [5.41, 5.74) is -0.797. The number of nitro benzene ring substituents is 1. The van der Waals surface area contributed by atoms with Gasteiger partial charge in [0.25, 0.3) is 11.2 Å². The number of non-ortho nitro benzene ring substituents is 1. The summed E-state index contributed by atoms with van der Waals surface area (Å²) in [4.78, 5) is 34.9. The quantitative estimate of drug-likeness (QED) is 0.491. The topological polar surface area (TPSA) is 102 Å². The number of carbonyl (C=O) groups excluding carboxylic acids is 1. The Kier molecular flexibility index (Phi) is 2.80. The number of nitro groups is 1. The Labute approximate surface area is 100 Å². The second-order valence-corrected chi connectivity index (χ2v) is 3.55. The van der Waals surface area contributed by atoms with Gasteiger partial charge in [-0.25, -0.2) is 0 Å². The third-order valence-electron chi connectivity index (χ3n) is 2.27. The van der Waals surface area contributed by atoms with Gasteiger partial charge in [-0.15, -0.1) is 0 Å². The number of carbonyl (C=O) groups is 1. The van der Waals surface area contributed by atoms with Crippen LogP contribution in [0, 0.1) is 10.1 Å². The zero-order valence-electron chi connectivity index (χ0n) is 9.30. The van der Waals surface area contributed by atoms with Gasteiger partial charge in [-0.1, -0.05) is 12.1 Å². The number of benzene rings is 1. The van der Waals surface area contributed by atoms with E-state index in [0.717, 1.165) is 6.92 Å². The molecule has 1 aromatic carbocycles. The van der Waals surface area contributed by atoms with Crippen molar-refractivity contribution in [2.45, 2.75) is 6.92 Å². The van der Waals surface area contributed by atoms with Crippen molar-refractivity contribution >= 4 is 22.6 Å². The molecule has 2 rings (SSSR count). The molecule has 0 saturated heterocycles. The van der Waals surface area contributed by atoms with Gasteiger partial charge in [0.2, 0.25) is 0 Å². The normalized spacial score (nSPS) is 10.3. The van der Waals surface area contributed by atoms with Gasteiger partial charge in [-0.2, -0.15) is 0 Å². The summed E-state index contributed by atoms with van der Waals surface area (Å²) in [6.07, 6.45) is 0. The van der Waals surface area contributed by atoms with E-state index in [1.54, 1.807) is 6.07 Å². The first kappa shape index (κ1) is 11.8. The molecule has 0 bridgehead atoms. The Bertz CT molecular complexity index is 704. The molecule has 0 saturated carbocycles. The molecule has 1 N–H and O–H groups in total. The highest BCUT2D eigenvalue weighted by atomic mass is 16.6. The Balaban J connectivity index is 2.71. The number of nitrogens with one attached hydrogen (secondary N) is 1. The van der Waals surface area contributed by atoms with E-state index >= 15 is 0 Å². The number of rotatable bonds is 2. The highest BCUT2D eigenvalue weighted by Crippen LogP contribution is 2.24. The molecule has 92 valence electrons. The summed E-state index contributed by atoms with van der Waals surface area (Å²) in [6, 6.07) is 5.63. The SMILES string of the molecule is CC(=O)Oc1cc2cccc([N+](=O)[O-])c2[nH]c1=O. The molecule has 0 atom stereocenters. The van der Waals surface area contributed by atoms with Gasteiger partial charge in [0, 0.05) is 18.4 Å². The van der Waals surface area contributed by atoms with Gasteiger partial charge in [-0.05, 0) is 6.07 Å². The fourth-order valence-corrected chi connectivity index (χ4v) is 1.58. The third-order valence-corrected chi connectivity index (χ3v) is 2.27. The number of aromatic nitrogens is 1. The molecule has 0 fully saturated rings. The molecule has 0 aliphatic rings. The van der Waals surface area contributed by atoms with Crippen molar-refractivity contribution in [3.8, 4) is 5.75 Å². The molecule has 1 aromatic heterocycles. The van der Waals surface area contributed by atoms with E-state index in [9.17, 15) is 19.7 Å². The van der Waals surface area contributed by atoms with E-state index in [-0.39, 0.29) is 17.0 Å². The van der Waals surface area contributed by atoms with Crippen LogP contribution < -0.4 is 10.3 Å². The van der Waals surface area contributed by atoms with Crippen LogP contribution in [0.3, 0.4) is 0 Å². The minimum absolute atomic E-state index is 0.100. The average Bonchev–Trinajstić information content (AvgIpc) is 2.28. The summed E-state index contributed by atoms with van der Waals surface area (Å²) in [7, 11) is 0. The number of nitrogens with zero attached hydrogens (tertiary/aromatic N) is 1. The highest BCUT2D eigenvalue weighted by molar-refractivity contribution is 5.88. The average molecular weight is 248 g/mol. The fraction of sp³-hybridized carbons (Fsp3) is 0.0909. The second-order valence-electron chi connectivity index (χ2n) is 3.55. The van der Waals surface area contributed by atoms with Crippen LogP contribution in [0.5, 0.6) is 5.75 Å².